The quantitative estimate of drug-likeness (QED) is 0.649. The van der Waals surface area contributed by atoms with Crippen molar-refractivity contribution in [1.82, 2.24) is 10.3 Å². The fraction of sp³-hybridized carbons (Fsp3) is 0.286. The Morgan fingerprint density at radius 3 is 3.00 bits per heavy atom. The molecule has 2 aromatic rings. The number of ether oxygens (including phenoxy) is 1. The summed E-state index contributed by atoms with van der Waals surface area (Å²) in [5.41, 5.74) is 1.57. The van der Waals surface area contributed by atoms with Crippen molar-refractivity contribution in [1.29, 1.82) is 0 Å². The standard InChI is InChI=1S/C14H16N2O2S/c1-18-14(17)12-5-3-2-4-11(12)10-15-7-6-13-16-8-9-19-13/h2-5,8-9,15H,6-7,10H2,1H3. The first kappa shape index (κ1) is 13.7. The third-order valence-corrected chi connectivity index (χ3v) is 3.58. The summed E-state index contributed by atoms with van der Waals surface area (Å²) in [6.45, 7) is 1.49. The molecule has 0 aliphatic heterocycles. The molecule has 0 saturated carbocycles. The van der Waals surface area contributed by atoms with Crippen molar-refractivity contribution in [2.24, 2.45) is 0 Å². The summed E-state index contributed by atoms with van der Waals surface area (Å²) >= 11 is 1.66. The summed E-state index contributed by atoms with van der Waals surface area (Å²) in [6, 6.07) is 7.47. The van der Waals surface area contributed by atoms with Crippen LogP contribution < -0.4 is 5.32 Å². The second kappa shape index (κ2) is 7.01. The molecule has 0 spiro atoms. The van der Waals surface area contributed by atoms with Gasteiger partial charge in [0.1, 0.15) is 0 Å². The molecule has 1 aromatic heterocycles. The van der Waals surface area contributed by atoms with E-state index in [9.17, 15) is 4.79 Å². The van der Waals surface area contributed by atoms with Crippen LogP contribution in [0.15, 0.2) is 35.8 Å². The molecule has 4 nitrogen and oxygen atoms in total. The Bertz CT molecular complexity index is 526. The molecule has 0 bridgehead atoms. The average Bonchev–Trinajstić information content (AvgIpc) is 2.96. The summed E-state index contributed by atoms with van der Waals surface area (Å²) in [6.07, 6.45) is 2.71. The van der Waals surface area contributed by atoms with Gasteiger partial charge in [-0.15, -0.1) is 11.3 Å². The topological polar surface area (TPSA) is 51.2 Å². The van der Waals surface area contributed by atoms with Crippen LogP contribution in [0.4, 0.5) is 0 Å². The summed E-state index contributed by atoms with van der Waals surface area (Å²) < 4.78 is 4.77. The first-order valence-electron chi connectivity index (χ1n) is 6.06. The number of benzene rings is 1. The second-order valence-corrected chi connectivity index (χ2v) is 4.98. The van der Waals surface area contributed by atoms with Gasteiger partial charge >= 0.3 is 5.97 Å². The number of nitrogens with zero attached hydrogens (tertiary/aromatic N) is 1. The summed E-state index contributed by atoms with van der Waals surface area (Å²) in [5, 5.41) is 6.41. The van der Waals surface area contributed by atoms with Crippen LogP contribution in [0.3, 0.4) is 0 Å². The van der Waals surface area contributed by atoms with Gasteiger partial charge in [0.25, 0.3) is 0 Å². The molecule has 19 heavy (non-hydrogen) atoms. The van der Waals surface area contributed by atoms with Crippen LogP contribution in [0.2, 0.25) is 0 Å². The minimum atomic E-state index is -0.294. The average molecular weight is 276 g/mol. The van der Waals surface area contributed by atoms with Gasteiger partial charge in [-0.05, 0) is 11.6 Å². The highest BCUT2D eigenvalue weighted by atomic mass is 32.1. The van der Waals surface area contributed by atoms with Crippen molar-refractivity contribution in [2.75, 3.05) is 13.7 Å². The molecule has 0 amide bonds. The molecular formula is C14H16N2O2S. The third kappa shape index (κ3) is 3.87. The number of methoxy groups -OCH3 is 1. The van der Waals surface area contributed by atoms with Crippen LogP contribution in [-0.2, 0) is 17.7 Å². The van der Waals surface area contributed by atoms with E-state index in [1.165, 1.54) is 7.11 Å². The van der Waals surface area contributed by atoms with E-state index >= 15 is 0 Å². The highest BCUT2D eigenvalue weighted by molar-refractivity contribution is 7.09. The van der Waals surface area contributed by atoms with Gasteiger partial charge in [0, 0.05) is 31.1 Å². The van der Waals surface area contributed by atoms with Crippen molar-refractivity contribution >= 4 is 17.3 Å². The van der Waals surface area contributed by atoms with Crippen molar-refractivity contribution in [2.45, 2.75) is 13.0 Å². The molecule has 1 heterocycles. The lowest BCUT2D eigenvalue weighted by Crippen LogP contribution is -2.18. The molecule has 0 fully saturated rings. The predicted molar refractivity (Wildman–Crippen MR) is 75.3 cm³/mol. The van der Waals surface area contributed by atoms with Crippen LogP contribution >= 0.6 is 11.3 Å². The van der Waals surface area contributed by atoms with E-state index in [4.69, 9.17) is 4.74 Å². The molecule has 0 unspecified atom stereocenters. The molecule has 0 atom stereocenters. The Labute approximate surface area is 116 Å². The maximum Gasteiger partial charge on any atom is 0.338 e. The smallest absolute Gasteiger partial charge is 0.338 e. The number of carbonyl (C=O) groups is 1. The summed E-state index contributed by atoms with van der Waals surface area (Å²) in [5.74, 6) is -0.294. The molecule has 0 saturated heterocycles. The maximum atomic E-state index is 11.6. The van der Waals surface area contributed by atoms with Gasteiger partial charge in [-0.2, -0.15) is 0 Å². The fourth-order valence-corrected chi connectivity index (χ4v) is 2.40. The lowest BCUT2D eigenvalue weighted by atomic mass is 10.1. The zero-order valence-electron chi connectivity index (χ0n) is 10.8. The monoisotopic (exact) mass is 276 g/mol. The zero-order valence-corrected chi connectivity index (χ0v) is 11.6. The Hall–Kier alpha value is -1.72. The fourth-order valence-electron chi connectivity index (χ4n) is 1.78. The van der Waals surface area contributed by atoms with Gasteiger partial charge in [-0.1, -0.05) is 18.2 Å². The molecule has 0 aliphatic rings. The second-order valence-electron chi connectivity index (χ2n) is 4.00. The number of hydrogen-bond acceptors (Lipinski definition) is 5. The van der Waals surface area contributed by atoms with Crippen LogP contribution in [-0.4, -0.2) is 24.6 Å². The van der Waals surface area contributed by atoms with Gasteiger partial charge in [-0.25, -0.2) is 9.78 Å². The largest absolute Gasteiger partial charge is 0.465 e. The molecule has 2 rings (SSSR count). The molecule has 5 heteroatoms. The highest BCUT2D eigenvalue weighted by Gasteiger charge is 2.10. The Kier molecular flexibility index (Phi) is 5.06. The lowest BCUT2D eigenvalue weighted by molar-refractivity contribution is 0.0599. The highest BCUT2D eigenvalue weighted by Crippen LogP contribution is 2.10. The van der Waals surface area contributed by atoms with E-state index in [-0.39, 0.29) is 5.97 Å². The van der Waals surface area contributed by atoms with E-state index < -0.39 is 0 Å². The van der Waals surface area contributed by atoms with Gasteiger partial charge in [0.15, 0.2) is 0 Å². The van der Waals surface area contributed by atoms with E-state index in [0.717, 1.165) is 23.5 Å². The molecule has 0 aliphatic carbocycles. The number of aromatic nitrogens is 1. The molecule has 1 N–H and O–H groups in total. The number of nitrogens with one attached hydrogen (secondary N) is 1. The minimum Gasteiger partial charge on any atom is -0.465 e. The number of hydrogen-bond donors (Lipinski definition) is 1. The molecule has 1 aromatic carbocycles. The van der Waals surface area contributed by atoms with Crippen molar-refractivity contribution in [3.8, 4) is 0 Å². The predicted octanol–water partition coefficient (Wildman–Crippen LogP) is 2.26. The number of rotatable bonds is 6. The van der Waals surface area contributed by atoms with Crippen molar-refractivity contribution in [3.05, 3.63) is 52.0 Å². The third-order valence-electron chi connectivity index (χ3n) is 2.74. The minimum absolute atomic E-state index is 0.294. The lowest BCUT2D eigenvalue weighted by Gasteiger charge is -2.08. The van der Waals surface area contributed by atoms with Gasteiger partial charge in [-0.3, -0.25) is 0 Å². The van der Waals surface area contributed by atoms with Gasteiger partial charge in [0.05, 0.1) is 17.7 Å². The first-order chi connectivity index (χ1) is 9.31. The Balaban J connectivity index is 1.87. The Morgan fingerprint density at radius 1 is 1.42 bits per heavy atom. The Morgan fingerprint density at radius 2 is 2.26 bits per heavy atom. The first-order valence-corrected chi connectivity index (χ1v) is 6.94. The van der Waals surface area contributed by atoms with E-state index in [1.807, 2.05) is 29.8 Å². The summed E-state index contributed by atoms with van der Waals surface area (Å²) in [7, 11) is 1.40. The summed E-state index contributed by atoms with van der Waals surface area (Å²) in [4.78, 5) is 15.8. The number of carbonyl (C=O) groups excluding carboxylic acids is 1. The van der Waals surface area contributed by atoms with Crippen LogP contribution in [0.25, 0.3) is 0 Å². The molecular weight excluding hydrogens is 260 g/mol. The van der Waals surface area contributed by atoms with Crippen molar-refractivity contribution in [3.63, 3.8) is 0 Å². The normalized spacial score (nSPS) is 10.4. The van der Waals surface area contributed by atoms with Crippen LogP contribution in [0, 0.1) is 0 Å². The number of thiazole rings is 1. The number of esters is 1. The SMILES string of the molecule is COC(=O)c1ccccc1CNCCc1nccs1. The van der Waals surface area contributed by atoms with E-state index in [1.54, 1.807) is 17.4 Å². The zero-order chi connectivity index (χ0) is 13.5. The maximum absolute atomic E-state index is 11.6. The van der Waals surface area contributed by atoms with E-state index in [0.29, 0.717) is 12.1 Å². The van der Waals surface area contributed by atoms with Gasteiger partial charge in [0.2, 0.25) is 0 Å². The molecule has 0 radical (unpaired) electrons. The van der Waals surface area contributed by atoms with Crippen molar-refractivity contribution < 1.29 is 9.53 Å². The van der Waals surface area contributed by atoms with Crippen LogP contribution in [0.5, 0.6) is 0 Å². The van der Waals surface area contributed by atoms with Crippen LogP contribution in [0.1, 0.15) is 20.9 Å². The molecule has 100 valence electrons. The van der Waals surface area contributed by atoms with E-state index in [2.05, 4.69) is 10.3 Å². The van der Waals surface area contributed by atoms with Gasteiger partial charge < -0.3 is 10.1 Å².